The van der Waals surface area contributed by atoms with Crippen molar-refractivity contribution in [2.75, 3.05) is 37.7 Å². The van der Waals surface area contributed by atoms with Crippen molar-refractivity contribution in [1.82, 2.24) is 24.8 Å². The lowest BCUT2D eigenvalue weighted by Crippen LogP contribution is -2.43. The summed E-state index contributed by atoms with van der Waals surface area (Å²) in [5, 5.41) is 10.6. The summed E-state index contributed by atoms with van der Waals surface area (Å²) in [5.74, 6) is 1.72. The van der Waals surface area contributed by atoms with Crippen LogP contribution < -0.4 is 4.90 Å². The molecule has 2 saturated heterocycles. The van der Waals surface area contributed by atoms with Crippen LogP contribution in [0.1, 0.15) is 26.2 Å². The van der Waals surface area contributed by atoms with Crippen molar-refractivity contribution in [1.29, 1.82) is 0 Å². The lowest BCUT2D eigenvalue weighted by Gasteiger charge is -2.40. The molecule has 3 aromatic rings. The molecule has 1 spiro atoms. The predicted octanol–water partition coefficient (Wildman–Crippen LogP) is 2.76. The van der Waals surface area contributed by atoms with Crippen LogP contribution in [0.4, 0.5) is 5.82 Å². The molecule has 0 bridgehead atoms. The fourth-order valence-electron chi connectivity index (χ4n) is 4.90. The highest BCUT2D eigenvalue weighted by Gasteiger charge is 2.42. The second kappa shape index (κ2) is 7.89. The van der Waals surface area contributed by atoms with Crippen LogP contribution in [-0.2, 0) is 0 Å². The molecule has 0 unspecified atom stereocenters. The maximum atomic E-state index is 9.52. The highest BCUT2D eigenvalue weighted by atomic mass is 16.3. The Morgan fingerprint density at radius 1 is 1.00 bits per heavy atom. The summed E-state index contributed by atoms with van der Waals surface area (Å²) >= 11 is 0. The van der Waals surface area contributed by atoms with Gasteiger partial charge in [0.2, 0.25) is 0 Å². The molecule has 30 heavy (non-hydrogen) atoms. The average Bonchev–Trinajstić information content (AvgIpc) is 3.22. The molecule has 156 valence electrons. The maximum absolute atomic E-state index is 9.52. The third-order valence-corrected chi connectivity index (χ3v) is 6.90. The molecule has 0 radical (unpaired) electrons. The van der Waals surface area contributed by atoms with Crippen LogP contribution in [0, 0.1) is 5.41 Å². The molecule has 5 rings (SSSR count). The Balaban J connectivity index is 1.42. The third-order valence-electron chi connectivity index (χ3n) is 6.90. The Morgan fingerprint density at radius 3 is 2.50 bits per heavy atom. The van der Waals surface area contributed by atoms with E-state index >= 15 is 0 Å². The number of rotatable bonds is 4. The second-order valence-corrected chi connectivity index (χ2v) is 8.74. The van der Waals surface area contributed by atoms with Gasteiger partial charge in [-0.05, 0) is 56.3 Å². The van der Waals surface area contributed by atoms with Crippen molar-refractivity contribution in [3.63, 3.8) is 0 Å². The number of likely N-dealkylation sites (tertiary alicyclic amines) is 1. The number of aromatic nitrogens is 4. The van der Waals surface area contributed by atoms with Crippen LogP contribution in [0.3, 0.4) is 0 Å². The van der Waals surface area contributed by atoms with Crippen LogP contribution in [0.15, 0.2) is 43.0 Å². The van der Waals surface area contributed by atoms with Crippen LogP contribution in [0.25, 0.3) is 22.3 Å². The summed E-state index contributed by atoms with van der Waals surface area (Å²) in [5.41, 5.74) is 2.21. The van der Waals surface area contributed by atoms with Gasteiger partial charge in [0.15, 0.2) is 5.82 Å². The zero-order valence-corrected chi connectivity index (χ0v) is 17.4. The van der Waals surface area contributed by atoms with Crippen molar-refractivity contribution in [3.05, 3.63) is 43.0 Å². The molecule has 2 fully saturated rings. The molecule has 0 amide bonds. The summed E-state index contributed by atoms with van der Waals surface area (Å²) < 4.78 is 0. The first kappa shape index (κ1) is 19.3. The first-order chi connectivity index (χ1) is 14.7. The van der Waals surface area contributed by atoms with E-state index in [9.17, 15) is 5.11 Å². The van der Waals surface area contributed by atoms with Gasteiger partial charge in [0.25, 0.3) is 0 Å². The second-order valence-electron chi connectivity index (χ2n) is 8.74. The first-order valence-electron chi connectivity index (χ1n) is 10.8. The zero-order valence-electron chi connectivity index (χ0n) is 17.4. The monoisotopic (exact) mass is 404 g/mol. The average molecular weight is 405 g/mol. The largest absolute Gasteiger partial charge is 0.395 e. The molecule has 7 heteroatoms. The van der Waals surface area contributed by atoms with Gasteiger partial charge in [0.05, 0.1) is 18.3 Å². The number of aliphatic hydroxyl groups is 1. The summed E-state index contributed by atoms with van der Waals surface area (Å²) in [6, 6.07) is 6.17. The SMILES string of the molecule is C[C@@H](CO)N1CCC2(CCN(c3nc(-c4ccncc4)nc4cnccc34)CC2)C1. The number of fused-ring (bicyclic) bond motifs is 1. The molecular weight excluding hydrogens is 376 g/mol. The number of hydrogen-bond donors (Lipinski definition) is 1. The highest BCUT2D eigenvalue weighted by Crippen LogP contribution is 2.42. The Kier molecular flexibility index (Phi) is 5.08. The minimum Gasteiger partial charge on any atom is -0.395 e. The van der Waals surface area contributed by atoms with E-state index in [4.69, 9.17) is 9.97 Å². The number of anilines is 1. The molecule has 0 saturated carbocycles. The predicted molar refractivity (Wildman–Crippen MR) is 117 cm³/mol. The molecule has 3 aromatic heterocycles. The van der Waals surface area contributed by atoms with Crippen molar-refractivity contribution < 1.29 is 5.11 Å². The Bertz CT molecular complexity index is 1020. The molecule has 0 aromatic carbocycles. The standard InChI is InChI=1S/C23H28N6O/c1-17(15-30)29-13-7-23(16-29)5-11-28(12-6-23)22-19-4-10-25-14-20(19)26-21(27-22)18-2-8-24-9-3-18/h2-4,8-10,14,17,30H,5-7,11-13,15-16H2,1H3/t17-/m0/s1. The van der Waals surface area contributed by atoms with E-state index in [2.05, 4.69) is 26.7 Å². The van der Waals surface area contributed by atoms with E-state index in [0.717, 1.165) is 67.1 Å². The fourth-order valence-corrected chi connectivity index (χ4v) is 4.90. The van der Waals surface area contributed by atoms with Gasteiger partial charge in [-0.25, -0.2) is 9.97 Å². The molecule has 5 heterocycles. The molecule has 1 N–H and O–H groups in total. The summed E-state index contributed by atoms with van der Waals surface area (Å²) in [4.78, 5) is 23.0. The number of piperidine rings is 1. The molecule has 7 nitrogen and oxygen atoms in total. The third kappa shape index (κ3) is 3.52. The lowest BCUT2D eigenvalue weighted by molar-refractivity contribution is 0.133. The van der Waals surface area contributed by atoms with E-state index in [1.165, 1.54) is 6.42 Å². The van der Waals surface area contributed by atoms with Crippen molar-refractivity contribution in [2.24, 2.45) is 5.41 Å². The zero-order chi connectivity index (χ0) is 20.6. The fraction of sp³-hybridized carbons (Fsp3) is 0.478. The van der Waals surface area contributed by atoms with Crippen molar-refractivity contribution >= 4 is 16.7 Å². The van der Waals surface area contributed by atoms with Gasteiger partial charge in [-0.1, -0.05) is 0 Å². The summed E-state index contributed by atoms with van der Waals surface area (Å²) in [6.07, 6.45) is 10.7. The number of hydrogen-bond acceptors (Lipinski definition) is 7. The van der Waals surface area contributed by atoms with Gasteiger partial charge in [0.1, 0.15) is 5.82 Å². The van der Waals surface area contributed by atoms with Gasteiger partial charge in [0, 0.05) is 55.2 Å². The van der Waals surface area contributed by atoms with Gasteiger partial charge in [-0.15, -0.1) is 0 Å². The van der Waals surface area contributed by atoms with Crippen LogP contribution >= 0.6 is 0 Å². The normalized spacial score (nSPS) is 20.1. The maximum Gasteiger partial charge on any atom is 0.162 e. The van der Waals surface area contributed by atoms with Gasteiger partial charge < -0.3 is 10.0 Å². The minimum absolute atomic E-state index is 0.237. The van der Waals surface area contributed by atoms with Gasteiger partial charge >= 0.3 is 0 Å². The number of pyridine rings is 2. The molecule has 2 aliphatic heterocycles. The Hall–Kier alpha value is -2.64. The quantitative estimate of drug-likeness (QED) is 0.716. The van der Waals surface area contributed by atoms with Crippen LogP contribution in [-0.4, -0.2) is 68.8 Å². The van der Waals surface area contributed by atoms with Gasteiger partial charge in [-0.2, -0.15) is 0 Å². The van der Waals surface area contributed by atoms with E-state index in [0.29, 0.717) is 5.41 Å². The summed E-state index contributed by atoms with van der Waals surface area (Å²) in [6.45, 7) is 6.53. The molecule has 1 atom stereocenters. The van der Waals surface area contributed by atoms with Crippen LogP contribution in [0.2, 0.25) is 0 Å². The Morgan fingerprint density at radius 2 is 1.73 bits per heavy atom. The number of nitrogens with zero attached hydrogens (tertiary/aromatic N) is 6. The minimum atomic E-state index is 0.237. The van der Waals surface area contributed by atoms with Crippen LogP contribution in [0.5, 0.6) is 0 Å². The summed E-state index contributed by atoms with van der Waals surface area (Å²) in [7, 11) is 0. The molecular formula is C23H28N6O. The van der Waals surface area contributed by atoms with Gasteiger partial charge in [-0.3, -0.25) is 14.9 Å². The molecule has 0 aliphatic carbocycles. The van der Waals surface area contributed by atoms with Crippen molar-refractivity contribution in [2.45, 2.75) is 32.2 Å². The van der Waals surface area contributed by atoms with E-state index in [1.807, 2.05) is 30.6 Å². The first-order valence-corrected chi connectivity index (χ1v) is 10.8. The smallest absolute Gasteiger partial charge is 0.162 e. The number of aliphatic hydroxyl groups excluding tert-OH is 1. The van der Waals surface area contributed by atoms with E-state index in [1.54, 1.807) is 12.4 Å². The lowest BCUT2D eigenvalue weighted by atomic mass is 9.77. The van der Waals surface area contributed by atoms with Crippen molar-refractivity contribution in [3.8, 4) is 11.4 Å². The Labute approximate surface area is 176 Å². The van der Waals surface area contributed by atoms with E-state index < -0.39 is 0 Å². The molecule has 2 aliphatic rings. The topological polar surface area (TPSA) is 78.3 Å². The van der Waals surface area contributed by atoms with E-state index in [-0.39, 0.29) is 12.6 Å². The highest BCUT2D eigenvalue weighted by molar-refractivity contribution is 5.90.